The second kappa shape index (κ2) is 5.46. The average molecular weight is 318 g/mol. The Morgan fingerprint density at radius 2 is 2.09 bits per heavy atom. The number of anilines is 1. The number of aryl methyl sites for hydroxylation is 3. The fourth-order valence-electron chi connectivity index (χ4n) is 2.48. The van der Waals surface area contributed by atoms with Crippen molar-refractivity contribution in [3.63, 3.8) is 0 Å². The summed E-state index contributed by atoms with van der Waals surface area (Å²) in [7, 11) is 3.54. The summed E-state index contributed by atoms with van der Waals surface area (Å²) in [6.07, 6.45) is 1.54. The van der Waals surface area contributed by atoms with Crippen LogP contribution >= 0.6 is 11.6 Å². The Morgan fingerprint density at radius 1 is 1.32 bits per heavy atom. The van der Waals surface area contributed by atoms with Gasteiger partial charge in [-0.05, 0) is 18.6 Å². The van der Waals surface area contributed by atoms with Gasteiger partial charge in [-0.3, -0.25) is 4.79 Å². The van der Waals surface area contributed by atoms with Crippen molar-refractivity contribution < 1.29 is 0 Å². The van der Waals surface area contributed by atoms with Gasteiger partial charge < -0.3 is 9.88 Å². The van der Waals surface area contributed by atoms with Crippen LogP contribution in [0, 0.1) is 6.92 Å². The summed E-state index contributed by atoms with van der Waals surface area (Å²) in [5.41, 5.74) is 3.41. The molecule has 0 fully saturated rings. The monoisotopic (exact) mass is 317 g/mol. The van der Waals surface area contributed by atoms with E-state index in [1.165, 1.54) is 16.4 Å². The third-order valence-electron chi connectivity index (χ3n) is 3.70. The Bertz CT molecular complexity index is 912. The number of hydrogen-bond donors (Lipinski definition) is 1. The van der Waals surface area contributed by atoms with Crippen molar-refractivity contribution in [2.75, 3.05) is 5.32 Å². The first kappa shape index (κ1) is 14.6. The Labute approximate surface area is 132 Å². The van der Waals surface area contributed by atoms with E-state index in [1.807, 2.05) is 23.7 Å². The fourth-order valence-corrected chi connectivity index (χ4v) is 2.72. The van der Waals surface area contributed by atoms with E-state index in [2.05, 4.69) is 28.4 Å². The van der Waals surface area contributed by atoms with Gasteiger partial charge >= 0.3 is 0 Å². The minimum atomic E-state index is -0.326. The number of rotatable bonds is 3. The Kier molecular flexibility index (Phi) is 3.62. The predicted octanol–water partition coefficient (Wildman–Crippen LogP) is 2.24. The first-order valence-corrected chi connectivity index (χ1v) is 7.23. The van der Waals surface area contributed by atoms with Gasteiger partial charge in [-0.25, -0.2) is 9.67 Å². The highest BCUT2D eigenvalue weighted by molar-refractivity contribution is 6.32. The van der Waals surface area contributed by atoms with Crippen molar-refractivity contribution in [3.05, 3.63) is 51.2 Å². The molecular formula is C15H16ClN5O. The quantitative estimate of drug-likeness (QED) is 0.804. The average Bonchev–Trinajstić information content (AvgIpc) is 2.82. The molecule has 3 aromatic rings. The fraction of sp³-hybridized carbons (Fsp3) is 0.267. The molecule has 0 aliphatic rings. The summed E-state index contributed by atoms with van der Waals surface area (Å²) in [6, 6.07) is 6.03. The van der Waals surface area contributed by atoms with E-state index in [0.717, 1.165) is 16.9 Å². The zero-order valence-corrected chi connectivity index (χ0v) is 13.3. The second-order valence-corrected chi connectivity index (χ2v) is 5.56. The smallest absolute Gasteiger partial charge is 0.287 e. The molecule has 0 atom stereocenters. The summed E-state index contributed by atoms with van der Waals surface area (Å²) in [4.78, 5) is 16.4. The Balaban J connectivity index is 1.92. The number of aromatic nitrogens is 4. The van der Waals surface area contributed by atoms with Crippen LogP contribution in [-0.2, 0) is 20.6 Å². The topological polar surface area (TPSA) is 64.7 Å². The normalized spacial score (nSPS) is 11.1. The minimum Gasteiger partial charge on any atom is -0.375 e. The molecule has 0 radical (unpaired) electrons. The predicted molar refractivity (Wildman–Crippen MR) is 87.3 cm³/mol. The molecule has 2 aromatic heterocycles. The maximum Gasteiger partial charge on any atom is 0.287 e. The van der Waals surface area contributed by atoms with E-state index in [4.69, 9.17) is 11.6 Å². The molecule has 0 amide bonds. The summed E-state index contributed by atoms with van der Waals surface area (Å²) in [6.45, 7) is 2.52. The summed E-state index contributed by atoms with van der Waals surface area (Å²) in [5.74, 6) is 0.862. The van der Waals surface area contributed by atoms with Crippen LogP contribution in [0.3, 0.4) is 0 Å². The largest absolute Gasteiger partial charge is 0.375 e. The summed E-state index contributed by atoms with van der Waals surface area (Å²) >= 11 is 6.05. The summed E-state index contributed by atoms with van der Waals surface area (Å²) < 4.78 is 3.24. The Morgan fingerprint density at radius 3 is 2.82 bits per heavy atom. The number of halogens is 1. The van der Waals surface area contributed by atoms with E-state index >= 15 is 0 Å². The van der Waals surface area contributed by atoms with E-state index in [0.29, 0.717) is 12.2 Å². The molecule has 0 spiro atoms. The van der Waals surface area contributed by atoms with Crippen LogP contribution in [-0.4, -0.2) is 19.3 Å². The van der Waals surface area contributed by atoms with Crippen molar-refractivity contribution in [1.82, 2.24) is 19.3 Å². The number of benzene rings is 1. The lowest BCUT2D eigenvalue weighted by molar-refractivity contribution is 0.707. The first-order valence-electron chi connectivity index (χ1n) is 6.85. The van der Waals surface area contributed by atoms with Crippen LogP contribution in [0.4, 0.5) is 5.69 Å². The number of fused-ring (bicyclic) bond motifs is 1. The van der Waals surface area contributed by atoms with Crippen LogP contribution in [0.1, 0.15) is 11.4 Å². The van der Waals surface area contributed by atoms with E-state index in [9.17, 15) is 4.79 Å². The van der Waals surface area contributed by atoms with Crippen LogP contribution in [0.15, 0.2) is 29.2 Å². The van der Waals surface area contributed by atoms with Crippen molar-refractivity contribution in [1.29, 1.82) is 0 Å². The highest BCUT2D eigenvalue weighted by Gasteiger charge is 2.11. The molecule has 1 N–H and O–H groups in total. The molecular weight excluding hydrogens is 302 g/mol. The van der Waals surface area contributed by atoms with Gasteiger partial charge in [0.05, 0.1) is 29.5 Å². The second-order valence-electron chi connectivity index (χ2n) is 5.18. The lowest BCUT2D eigenvalue weighted by Gasteiger charge is -2.08. The van der Waals surface area contributed by atoms with Gasteiger partial charge in [0.2, 0.25) is 0 Å². The van der Waals surface area contributed by atoms with Crippen molar-refractivity contribution >= 4 is 28.3 Å². The van der Waals surface area contributed by atoms with Gasteiger partial charge in [0.1, 0.15) is 10.8 Å². The minimum absolute atomic E-state index is 0.132. The van der Waals surface area contributed by atoms with Gasteiger partial charge in [-0.2, -0.15) is 5.10 Å². The van der Waals surface area contributed by atoms with Crippen LogP contribution in [0.2, 0.25) is 5.02 Å². The molecule has 6 nitrogen and oxygen atoms in total. The van der Waals surface area contributed by atoms with Crippen molar-refractivity contribution in [3.8, 4) is 0 Å². The standard InChI is InChI=1S/C15H16ClN5O/c1-9-5-4-6-10-14(9)20(2)12(19-10)8-17-11-7-18-21(3)15(22)13(11)16/h4-7,17H,8H2,1-3H3. The van der Waals surface area contributed by atoms with Gasteiger partial charge in [-0.1, -0.05) is 23.7 Å². The first-order chi connectivity index (χ1) is 10.5. The molecule has 0 unspecified atom stereocenters. The molecule has 0 saturated heterocycles. The van der Waals surface area contributed by atoms with Gasteiger partial charge in [0.15, 0.2) is 0 Å². The van der Waals surface area contributed by atoms with E-state index in [1.54, 1.807) is 7.05 Å². The van der Waals surface area contributed by atoms with Gasteiger partial charge in [0, 0.05) is 14.1 Å². The molecule has 0 saturated carbocycles. The Hall–Kier alpha value is -2.34. The number of para-hydroxylation sites is 1. The lowest BCUT2D eigenvalue weighted by atomic mass is 10.2. The molecule has 3 rings (SSSR count). The van der Waals surface area contributed by atoms with Crippen LogP contribution in [0.5, 0.6) is 0 Å². The number of nitrogens with one attached hydrogen (secondary N) is 1. The molecule has 0 bridgehead atoms. The van der Waals surface area contributed by atoms with E-state index in [-0.39, 0.29) is 10.6 Å². The molecule has 0 aliphatic carbocycles. The number of hydrogen-bond acceptors (Lipinski definition) is 4. The van der Waals surface area contributed by atoms with Crippen molar-refractivity contribution in [2.45, 2.75) is 13.5 Å². The number of imidazole rings is 1. The highest BCUT2D eigenvalue weighted by atomic mass is 35.5. The zero-order chi connectivity index (χ0) is 15.9. The maximum absolute atomic E-state index is 11.8. The third kappa shape index (κ3) is 2.35. The molecule has 22 heavy (non-hydrogen) atoms. The molecule has 0 aliphatic heterocycles. The molecule has 2 heterocycles. The molecule has 1 aromatic carbocycles. The van der Waals surface area contributed by atoms with E-state index < -0.39 is 0 Å². The molecule has 114 valence electrons. The maximum atomic E-state index is 11.8. The summed E-state index contributed by atoms with van der Waals surface area (Å²) in [5, 5.41) is 7.22. The van der Waals surface area contributed by atoms with Crippen LogP contribution < -0.4 is 10.9 Å². The van der Waals surface area contributed by atoms with Gasteiger partial charge in [-0.15, -0.1) is 0 Å². The third-order valence-corrected chi connectivity index (χ3v) is 4.07. The van der Waals surface area contributed by atoms with Crippen LogP contribution in [0.25, 0.3) is 11.0 Å². The highest BCUT2D eigenvalue weighted by Crippen LogP contribution is 2.20. The lowest BCUT2D eigenvalue weighted by Crippen LogP contribution is -2.21. The SMILES string of the molecule is Cc1cccc2nc(CNc3cnn(C)c(=O)c3Cl)n(C)c12. The number of nitrogens with zero attached hydrogens (tertiary/aromatic N) is 4. The molecule has 7 heteroatoms. The van der Waals surface area contributed by atoms with Crippen molar-refractivity contribution in [2.24, 2.45) is 14.1 Å². The zero-order valence-electron chi connectivity index (χ0n) is 12.6. The van der Waals surface area contributed by atoms with Gasteiger partial charge in [0.25, 0.3) is 5.56 Å².